The fraction of sp³-hybridized carbons (Fsp3) is 0.464. The van der Waals surface area contributed by atoms with Crippen LogP contribution in [-0.2, 0) is 20.1 Å². The van der Waals surface area contributed by atoms with Crippen molar-refractivity contribution in [1.29, 1.82) is 0 Å². The van der Waals surface area contributed by atoms with E-state index in [1.54, 1.807) is 0 Å². The van der Waals surface area contributed by atoms with Gasteiger partial charge in [-0.25, -0.2) is 0 Å². The van der Waals surface area contributed by atoms with E-state index in [2.05, 4.69) is 69.9 Å². The molecule has 2 atom stereocenters. The van der Waals surface area contributed by atoms with Crippen LogP contribution in [0.1, 0.15) is 46.1 Å². The molecule has 0 aliphatic heterocycles. The number of aryl methyl sites for hydroxylation is 1. The molecule has 1 radical (unpaired) electrons. The second kappa shape index (κ2) is 9.35. The largest absolute Gasteiger partial charge is 0.392 e. The monoisotopic (exact) mass is 609 g/mol. The molecule has 0 bridgehead atoms. The first-order valence-electron chi connectivity index (χ1n) is 11.3. The number of aliphatic hydroxyl groups excluding tert-OH is 2. The van der Waals surface area contributed by atoms with Crippen molar-refractivity contribution in [2.24, 2.45) is 22.7 Å². The van der Waals surface area contributed by atoms with Gasteiger partial charge in [0.25, 0.3) is 0 Å². The smallest absolute Gasteiger partial charge is 0.0646 e. The zero-order valence-electron chi connectivity index (χ0n) is 19.6. The number of fused-ring (bicyclic) bond motifs is 2. The molecule has 2 unspecified atom stereocenters. The zero-order chi connectivity index (χ0) is 22.4. The van der Waals surface area contributed by atoms with Gasteiger partial charge in [0.2, 0.25) is 0 Å². The van der Waals surface area contributed by atoms with E-state index in [-0.39, 0.29) is 49.1 Å². The molecule has 2 aromatic carbocycles. The van der Waals surface area contributed by atoms with Crippen molar-refractivity contribution >= 4 is 10.8 Å². The van der Waals surface area contributed by atoms with Crippen LogP contribution in [0.15, 0.2) is 54.7 Å². The Hall–Kier alpha value is -1.58. The predicted molar refractivity (Wildman–Crippen MR) is 127 cm³/mol. The molecule has 0 saturated heterocycles. The summed E-state index contributed by atoms with van der Waals surface area (Å²) < 4.78 is 0. The van der Waals surface area contributed by atoms with Crippen molar-refractivity contribution in [2.75, 3.05) is 0 Å². The molecular weight excluding hydrogens is 575 g/mol. The summed E-state index contributed by atoms with van der Waals surface area (Å²) in [6.07, 6.45) is 3.40. The maximum absolute atomic E-state index is 10.2. The molecule has 1 heterocycles. The van der Waals surface area contributed by atoms with E-state index >= 15 is 0 Å². The van der Waals surface area contributed by atoms with Crippen LogP contribution in [-0.4, -0.2) is 27.4 Å². The topological polar surface area (TPSA) is 53.4 Å². The molecule has 2 aliphatic rings. The van der Waals surface area contributed by atoms with Crippen LogP contribution in [0.4, 0.5) is 0 Å². The van der Waals surface area contributed by atoms with E-state index in [1.165, 1.54) is 16.3 Å². The maximum Gasteiger partial charge on any atom is 0.0646 e. The minimum atomic E-state index is -0.329. The van der Waals surface area contributed by atoms with E-state index in [9.17, 15) is 10.2 Å². The first-order chi connectivity index (χ1) is 14.6. The van der Waals surface area contributed by atoms with Gasteiger partial charge >= 0.3 is 0 Å². The van der Waals surface area contributed by atoms with Gasteiger partial charge in [-0.3, -0.25) is 0 Å². The van der Waals surface area contributed by atoms with Gasteiger partial charge in [-0.15, -0.1) is 35.9 Å². The number of rotatable bonds is 1. The van der Waals surface area contributed by atoms with Gasteiger partial charge in [0, 0.05) is 37.6 Å². The molecular formula is C28H34IrNO2-. The van der Waals surface area contributed by atoms with Crippen LogP contribution in [0.3, 0.4) is 0 Å². The van der Waals surface area contributed by atoms with Crippen LogP contribution in [0.2, 0.25) is 0 Å². The summed E-state index contributed by atoms with van der Waals surface area (Å²) >= 11 is 0. The quantitative estimate of drug-likeness (QED) is 0.343. The maximum atomic E-state index is 10.2. The number of aliphatic hydroxyl groups is 2. The summed E-state index contributed by atoms with van der Waals surface area (Å²) in [6.45, 7) is 10.5. The van der Waals surface area contributed by atoms with E-state index in [1.807, 2.05) is 30.5 Å². The number of hydrogen-bond donors (Lipinski definition) is 2. The third kappa shape index (κ3) is 4.70. The molecule has 0 amide bonds. The summed E-state index contributed by atoms with van der Waals surface area (Å²) in [4.78, 5) is 4.51. The standard InChI is InChI=1S/C16H12N.C12H22O2.Ir/c1-12-6-5-9-14-10-16(17-11-15(12)14)13-7-3-2-4-8-13;1-11(2)5-7-6-12(3,4)10(14)8(7)9(11)13;/h2-7,9-11H,1H3;7-10,13-14H,5-6H2,1-4H3;/q-1;;. The van der Waals surface area contributed by atoms with Gasteiger partial charge in [-0.2, -0.15) is 0 Å². The molecule has 3 aromatic rings. The Morgan fingerprint density at radius 1 is 0.938 bits per heavy atom. The van der Waals surface area contributed by atoms with Gasteiger partial charge in [0.1, 0.15) is 0 Å². The summed E-state index contributed by atoms with van der Waals surface area (Å²) in [5.41, 5.74) is 3.26. The minimum absolute atomic E-state index is 0. The molecule has 0 spiro atoms. The van der Waals surface area contributed by atoms with Gasteiger partial charge in [0.15, 0.2) is 0 Å². The van der Waals surface area contributed by atoms with E-state index in [0.717, 1.165) is 24.1 Å². The van der Waals surface area contributed by atoms with Gasteiger partial charge in [-0.05, 0) is 53.2 Å². The SMILES string of the molecule is CC1(C)CC2CC(C)(C)C(O)C2C1O.Cc1cccc2cc(-c3[c-]cccc3)ncc12.[Ir]. The van der Waals surface area contributed by atoms with E-state index < -0.39 is 0 Å². The predicted octanol–water partition coefficient (Wildman–Crippen LogP) is 5.81. The summed E-state index contributed by atoms with van der Waals surface area (Å²) in [5, 5.41) is 22.8. The van der Waals surface area contributed by atoms with Crippen LogP contribution in [0, 0.1) is 35.7 Å². The number of nitrogens with zero attached hydrogens (tertiary/aromatic N) is 1. The molecule has 3 nitrogen and oxygen atoms in total. The minimum Gasteiger partial charge on any atom is -0.392 e. The first-order valence-corrected chi connectivity index (χ1v) is 11.3. The Morgan fingerprint density at radius 3 is 2.16 bits per heavy atom. The molecule has 173 valence electrons. The Kier molecular flexibility index (Phi) is 7.32. The van der Waals surface area contributed by atoms with Crippen molar-refractivity contribution in [3.05, 3.63) is 66.4 Å². The molecule has 2 saturated carbocycles. The molecule has 1 aromatic heterocycles. The normalized spacial score (nSPS) is 27.2. The molecule has 4 heteroatoms. The Balaban J connectivity index is 0.000000178. The fourth-order valence-electron chi connectivity index (χ4n) is 5.69. The average Bonchev–Trinajstić information content (AvgIpc) is 3.09. The molecule has 2 fully saturated rings. The third-order valence-electron chi connectivity index (χ3n) is 7.42. The average molecular weight is 609 g/mol. The van der Waals surface area contributed by atoms with Crippen LogP contribution >= 0.6 is 0 Å². The van der Waals surface area contributed by atoms with Crippen LogP contribution < -0.4 is 0 Å². The summed E-state index contributed by atoms with van der Waals surface area (Å²) in [5.74, 6) is 0.630. The third-order valence-corrected chi connectivity index (χ3v) is 7.42. The van der Waals surface area contributed by atoms with E-state index in [4.69, 9.17) is 0 Å². The van der Waals surface area contributed by atoms with Gasteiger partial charge in [-0.1, -0.05) is 52.0 Å². The van der Waals surface area contributed by atoms with Crippen LogP contribution in [0.5, 0.6) is 0 Å². The second-order valence-electron chi connectivity index (χ2n) is 10.8. The number of aromatic nitrogens is 1. The van der Waals surface area contributed by atoms with Crippen molar-refractivity contribution in [2.45, 2.75) is 59.7 Å². The molecule has 32 heavy (non-hydrogen) atoms. The zero-order valence-corrected chi connectivity index (χ0v) is 22.0. The van der Waals surface area contributed by atoms with Gasteiger partial charge in [0.05, 0.1) is 12.2 Å². The first kappa shape index (κ1) is 25.0. The molecule has 2 N–H and O–H groups in total. The number of benzene rings is 2. The second-order valence-corrected chi connectivity index (χ2v) is 10.8. The number of pyridine rings is 1. The molecule has 5 rings (SSSR count). The fourth-order valence-corrected chi connectivity index (χ4v) is 5.69. The Morgan fingerprint density at radius 2 is 1.59 bits per heavy atom. The Labute approximate surface area is 205 Å². The van der Waals surface area contributed by atoms with E-state index in [0.29, 0.717) is 5.92 Å². The summed E-state index contributed by atoms with van der Waals surface area (Å²) in [6, 6.07) is 19.6. The number of hydrogen-bond acceptors (Lipinski definition) is 3. The van der Waals surface area contributed by atoms with Crippen molar-refractivity contribution in [3.63, 3.8) is 0 Å². The Bertz CT molecular complexity index is 1040. The van der Waals surface area contributed by atoms with Crippen molar-refractivity contribution in [3.8, 4) is 11.3 Å². The molecule has 2 aliphatic carbocycles. The van der Waals surface area contributed by atoms with Crippen molar-refractivity contribution in [1.82, 2.24) is 4.98 Å². The summed E-state index contributed by atoms with van der Waals surface area (Å²) in [7, 11) is 0. The van der Waals surface area contributed by atoms with Crippen molar-refractivity contribution < 1.29 is 30.3 Å². The van der Waals surface area contributed by atoms with Crippen LogP contribution in [0.25, 0.3) is 22.0 Å². The van der Waals surface area contributed by atoms with Gasteiger partial charge < -0.3 is 15.2 Å².